The number of halogens is 1. The van der Waals surface area contributed by atoms with Crippen molar-refractivity contribution >= 4 is 11.8 Å². The van der Waals surface area contributed by atoms with Crippen LogP contribution in [-0.2, 0) is 11.3 Å². The number of carbonyl (C=O) groups excluding carboxylic acids is 1. The van der Waals surface area contributed by atoms with Crippen molar-refractivity contribution < 1.29 is 13.9 Å². The maximum absolute atomic E-state index is 13.4. The standard InChI is InChI=1S/C20H24FN3O2/c1-15-13-20(22,23-18-9-5-8-17(21)12-18)10-11-24(15)19(25)26-14-16-6-3-2-4-7-16/h2-9,12,15,23H,10-11,13-14,22H2,1H3/t15-,20?/m0/s1. The first-order chi connectivity index (χ1) is 12.5. The summed E-state index contributed by atoms with van der Waals surface area (Å²) in [4.78, 5) is 14.1. The van der Waals surface area contributed by atoms with Gasteiger partial charge in [-0.05, 0) is 30.7 Å². The van der Waals surface area contributed by atoms with Crippen LogP contribution in [0.5, 0.6) is 0 Å². The number of likely N-dealkylation sites (tertiary alicyclic amines) is 1. The molecule has 0 radical (unpaired) electrons. The van der Waals surface area contributed by atoms with E-state index < -0.39 is 5.66 Å². The molecular weight excluding hydrogens is 333 g/mol. The predicted octanol–water partition coefficient (Wildman–Crippen LogP) is 3.71. The predicted molar refractivity (Wildman–Crippen MR) is 99.0 cm³/mol. The maximum Gasteiger partial charge on any atom is 0.410 e. The molecule has 1 unspecified atom stereocenters. The van der Waals surface area contributed by atoms with E-state index in [9.17, 15) is 9.18 Å². The quantitative estimate of drug-likeness (QED) is 0.819. The van der Waals surface area contributed by atoms with E-state index in [1.54, 1.807) is 17.0 Å². The molecule has 138 valence electrons. The smallest absolute Gasteiger partial charge is 0.410 e. The Morgan fingerprint density at radius 1 is 1.31 bits per heavy atom. The third kappa shape index (κ3) is 4.52. The molecule has 2 aromatic rings. The van der Waals surface area contributed by atoms with Crippen molar-refractivity contribution in [3.8, 4) is 0 Å². The van der Waals surface area contributed by atoms with Crippen LogP contribution in [0.2, 0.25) is 0 Å². The molecule has 3 rings (SSSR count). The van der Waals surface area contributed by atoms with E-state index in [0.29, 0.717) is 25.1 Å². The van der Waals surface area contributed by atoms with E-state index in [2.05, 4.69) is 5.32 Å². The monoisotopic (exact) mass is 357 g/mol. The third-order valence-electron chi connectivity index (χ3n) is 4.65. The summed E-state index contributed by atoms with van der Waals surface area (Å²) >= 11 is 0. The van der Waals surface area contributed by atoms with Crippen LogP contribution in [0.4, 0.5) is 14.9 Å². The lowest BCUT2D eigenvalue weighted by molar-refractivity contribution is 0.0600. The normalized spacial score (nSPS) is 22.7. The fourth-order valence-corrected chi connectivity index (χ4v) is 3.32. The van der Waals surface area contributed by atoms with E-state index >= 15 is 0 Å². The molecule has 6 heteroatoms. The number of nitrogens with one attached hydrogen (secondary N) is 1. The molecule has 2 aromatic carbocycles. The van der Waals surface area contributed by atoms with E-state index in [1.165, 1.54) is 12.1 Å². The van der Waals surface area contributed by atoms with Crippen molar-refractivity contribution in [3.63, 3.8) is 0 Å². The molecule has 0 aromatic heterocycles. The summed E-state index contributed by atoms with van der Waals surface area (Å²) in [5.74, 6) is -0.312. The Hall–Kier alpha value is -2.60. The molecule has 3 N–H and O–H groups in total. The van der Waals surface area contributed by atoms with Gasteiger partial charge in [-0.15, -0.1) is 0 Å². The molecule has 26 heavy (non-hydrogen) atoms. The SMILES string of the molecule is C[C@H]1CC(N)(Nc2cccc(F)c2)CCN1C(=O)OCc1ccccc1. The van der Waals surface area contributed by atoms with Gasteiger partial charge in [-0.2, -0.15) is 0 Å². The number of amides is 1. The number of hydrogen-bond acceptors (Lipinski definition) is 4. The topological polar surface area (TPSA) is 67.6 Å². The van der Waals surface area contributed by atoms with E-state index in [-0.39, 0.29) is 24.6 Å². The van der Waals surface area contributed by atoms with Crippen molar-refractivity contribution in [2.75, 3.05) is 11.9 Å². The summed E-state index contributed by atoms with van der Waals surface area (Å²) in [7, 11) is 0. The summed E-state index contributed by atoms with van der Waals surface area (Å²) in [5.41, 5.74) is 7.34. The van der Waals surface area contributed by atoms with Gasteiger partial charge in [0, 0.05) is 31.1 Å². The van der Waals surface area contributed by atoms with Crippen molar-refractivity contribution in [2.45, 2.75) is 38.1 Å². The zero-order valence-electron chi connectivity index (χ0n) is 14.8. The number of piperidine rings is 1. The first-order valence-corrected chi connectivity index (χ1v) is 8.75. The van der Waals surface area contributed by atoms with Crippen LogP contribution in [0.15, 0.2) is 54.6 Å². The van der Waals surface area contributed by atoms with E-state index in [4.69, 9.17) is 10.5 Å². The lowest BCUT2D eigenvalue weighted by atomic mass is 9.92. The summed E-state index contributed by atoms with van der Waals surface area (Å²) in [6.07, 6.45) is 0.757. The molecule has 1 saturated heterocycles. The van der Waals surface area contributed by atoms with Crippen LogP contribution >= 0.6 is 0 Å². The van der Waals surface area contributed by atoms with Gasteiger partial charge < -0.3 is 20.7 Å². The maximum atomic E-state index is 13.4. The van der Waals surface area contributed by atoms with Crippen LogP contribution in [0.1, 0.15) is 25.3 Å². The number of carbonyl (C=O) groups is 1. The van der Waals surface area contributed by atoms with Crippen LogP contribution < -0.4 is 11.1 Å². The molecule has 1 amide bonds. The number of benzene rings is 2. The molecule has 1 fully saturated rings. The Morgan fingerprint density at radius 3 is 2.77 bits per heavy atom. The van der Waals surface area contributed by atoms with Gasteiger partial charge in [0.25, 0.3) is 0 Å². The average Bonchev–Trinajstić information content (AvgIpc) is 2.60. The molecule has 0 bridgehead atoms. The minimum Gasteiger partial charge on any atom is -0.445 e. The Balaban J connectivity index is 1.56. The highest BCUT2D eigenvalue weighted by Gasteiger charge is 2.37. The van der Waals surface area contributed by atoms with Gasteiger partial charge in [0.1, 0.15) is 12.4 Å². The zero-order valence-corrected chi connectivity index (χ0v) is 14.8. The second kappa shape index (κ2) is 7.74. The summed E-state index contributed by atoms with van der Waals surface area (Å²) in [6, 6.07) is 15.7. The minimum atomic E-state index is -0.691. The summed E-state index contributed by atoms with van der Waals surface area (Å²) in [5, 5.41) is 3.20. The fourth-order valence-electron chi connectivity index (χ4n) is 3.32. The largest absolute Gasteiger partial charge is 0.445 e. The van der Waals surface area contributed by atoms with Crippen LogP contribution in [0.3, 0.4) is 0 Å². The van der Waals surface area contributed by atoms with Gasteiger partial charge in [-0.25, -0.2) is 9.18 Å². The third-order valence-corrected chi connectivity index (χ3v) is 4.65. The van der Waals surface area contributed by atoms with Crippen molar-refractivity contribution in [1.82, 2.24) is 4.90 Å². The highest BCUT2D eigenvalue weighted by molar-refractivity contribution is 5.68. The molecule has 2 atom stereocenters. The van der Waals surface area contributed by atoms with Gasteiger partial charge in [0.15, 0.2) is 0 Å². The average molecular weight is 357 g/mol. The first kappa shape index (κ1) is 18.2. The Labute approximate surface area is 152 Å². The Kier molecular flexibility index (Phi) is 5.42. The van der Waals surface area contributed by atoms with Crippen LogP contribution in [0.25, 0.3) is 0 Å². The zero-order chi connectivity index (χ0) is 18.6. The van der Waals surface area contributed by atoms with Gasteiger partial charge in [0.2, 0.25) is 0 Å². The number of anilines is 1. The van der Waals surface area contributed by atoms with E-state index in [0.717, 1.165) is 5.56 Å². The molecule has 0 saturated carbocycles. The van der Waals surface area contributed by atoms with Crippen molar-refractivity contribution in [1.29, 1.82) is 0 Å². The molecule has 1 aliphatic heterocycles. The van der Waals surface area contributed by atoms with Crippen molar-refractivity contribution in [2.24, 2.45) is 5.73 Å². The molecular formula is C20H24FN3O2. The molecule has 5 nitrogen and oxygen atoms in total. The first-order valence-electron chi connectivity index (χ1n) is 8.75. The Morgan fingerprint density at radius 2 is 2.08 bits per heavy atom. The number of nitrogens with zero attached hydrogens (tertiary/aromatic N) is 1. The highest BCUT2D eigenvalue weighted by atomic mass is 19.1. The molecule has 1 aliphatic rings. The molecule has 1 heterocycles. The van der Waals surface area contributed by atoms with Gasteiger partial charge in [0.05, 0.1) is 5.66 Å². The molecule has 0 spiro atoms. The number of ether oxygens (including phenoxy) is 1. The second-order valence-corrected chi connectivity index (χ2v) is 6.83. The molecule has 0 aliphatic carbocycles. The summed E-state index contributed by atoms with van der Waals surface area (Å²) < 4.78 is 18.8. The fraction of sp³-hybridized carbons (Fsp3) is 0.350. The van der Waals surface area contributed by atoms with E-state index in [1.807, 2.05) is 37.3 Å². The summed E-state index contributed by atoms with van der Waals surface area (Å²) in [6.45, 7) is 2.67. The number of rotatable bonds is 4. The van der Waals surface area contributed by atoms with Gasteiger partial charge >= 0.3 is 6.09 Å². The number of hydrogen-bond donors (Lipinski definition) is 2. The minimum absolute atomic E-state index is 0.0851. The van der Waals surface area contributed by atoms with Crippen molar-refractivity contribution in [3.05, 3.63) is 66.0 Å². The van der Waals surface area contributed by atoms with Gasteiger partial charge in [-0.3, -0.25) is 0 Å². The Bertz CT molecular complexity index is 756. The van der Waals surface area contributed by atoms with Gasteiger partial charge in [-0.1, -0.05) is 36.4 Å². The lowest BCUT2D eigenvalue weighted by Crippen LogP contribution is -2.59. The lowest BCUT2D eigenvalue weighted by Gasteiger charge is -2.43. The van der Waals surface area contributed by atoms with Crippen LogP contribution in [-0.4, -0.2) is 29.2 Å². The number of nitrogens with two attached hydrogens (primary N) is 1. The second-order valence-electron chi connectivity index (χ2n) is 6.83. The van der Waals surface area contributed by atoms with Crippen LogP contribution in [0, 0.1) is 5.82 Å². The highest BCUT2D eigenvalue weighted by Crippen LogP contribution is 2.27.